The second-order valence-electron chi connectivity index (χ2n) is 5.53. The fourth-order valence-electron chi connectivity index (χ4n) is 2.39. The molecule has 1 heterocycles. The number of aliphatic imine (C=N–C) groups is 1. The molecule has 132 valence electrons. The maximum absolute atomic E-state index is 12.6. The molecule has 0 fully saturated rings. The number of nitrogen functional groups attached to an aromatic ring is 1. The summed E-state index contributed by atoms with van der Waals surface area (Å²) in [6.45, 7) is 1.74. The summed E-state index contributed by atoms with van der Waals surface area (Å²) < 4.78 is 1.37. The summed E-state index contributed by atoms with van der Waals surface area (Å²) in [5.41, 5.74) is 7.00. The molecule has 26 heavy (non-hydrogen) atoms. The molecule has 0 radical (unpaired) electrons. The Morgan fingerprint density at radius 2 is 1.96 bits per heavy atom. The van der Waals surface area contributed by atoms with E-state index in [-0.39, 0.29) is 16.9 Å². The summed E-state index contributed by atoms with van der Waals surface area (Å²) in [6.07, 6.45) is 1.37. The maximum atomic E-state index is 12.6. The molecule has 0 spiro atoms. The van der Waals surface area contributed by atoms with Crippen LogP contribution in [0.15, 0.2) is 52.3 Å². The average molecular weight is 372 g/mol. The van der Waals surface area contributed by atoms with Crippen LogP contribution in [0.25, 0.3) is 5.69 Å². The van der Waals surface area contributed by atoms with Crippen LogP contribution in [0.5, 0.6) is 0 Å². The molecule has 2 aromatic carbocycles. The van der Waals surface area contributed by atoms with Crippen LogP contribution in [-0.2, 0) is 0 Å². The smallest absolute Gasteiger partial charge is 0.294 e. The third-order valence-electron chi connectivity index (χ3n) is 3.76. The summed E-state index contributed by atoms with van der Waals surface area (Å²) >= 11 is 5.86. The molecule has 0 amide bonds. The van der Waals surface area contributed by atoms with Crippen molar-refractivity contribution in [2.45, 2.75) is 6.92 Å². The van der Waals surface area contributed by atoms with E-state index in [2.05, 4.69) is 10.1 Å². The van der Waals surface area contributed by atoms with Gasteiger partial charge in [-0.1, -0.05) is 11.6 Å². The number of aryl methyl sites for hydroxylation is 1. The van der Waals surface area contributed by atoms with E-state index >= 15 is 0 Å². The first-order valence-corrected chi connectivity index (χ1v) is 7.90. The minimum Gasteiger partial charge on any atom is -0.393 e. The van der Waals surface area contributed by atoms with Gasteiger partial charge in [0.05, 0.1) is 21.9 Å². The molecule has 0 bridgehead atoms. The number of nitro benzene ring substituents is 1. The van der Waals surface area contributed by atoms with Crippen LogP contribution in [0.3, 0.4) is 0 Å². The number of anilines is 1. The number of aromatic amines is 1. The minimum atomic E-state index is -0.580. The number of nitrogens with one attached hydrogen (secondary N) is 1. The van der Waals surface area contributed by atoms with Gasteiger partial charge in [0.15, 0.2) is 0 Å². The molecule has 0 atom stereocenters. The second-order valence-corrected chi connectivity index (χ2v) is 5.96. The van der Waals surface area contributed by atoms with Gasteiger partial charge in [0.1, 0.15) is 5.69 Å². The highest BCUT2D eigenvalue weighted by Gasteiger charge is 2.13. The number of benzene rings is 2. The zero-order valence-corrected chi connectivity index (χ0v) is 14.4. The van der Waals surface area contributed by atoms with E-state index in [0.717, 1.165) is 0 Å². The lowest BCUT2D eigenvalue weighted by Gasteiger charge is -2.00. The quantitative estimate of drug-likeness (QED) is 0.316. The van der Waals surface area contributed by atoms with Crippen molar-refractivity contribution in [3.05, 3.63) is 79.2 Å². The Bertz CT molecular complexity index is 1070. The summed E-state index contributed by atoms with van der Waals surface area (Å²) in [7, 11) is 0. The SMILES string of the molecule is Cc1[nH]n(-c2ccc(Cl)cc2)c(=O)c1C=Nc1ccc(N)c([N+](=O)[O-])c1. The topological polar surface area (TPSA) is 119 Å². The molecular weight excluding hydrogens is 358 g/mol. The molecule has 3 N–H and O–H groups in total. The molecule has 0 unspecified atom stereocenters. The van der Waals surface area contributed by atoms with Gasteiger partial charge in [0.25, 0.3) is 11.2 Å². The highest BCUT2D eigenvalue weighted by molar-refractivity contribution is 6.30. The van der Waals surface area contributed by atoms with Crippen molar-refractivity contribution in [3.8, 4) is 5.69 Å². The van der Waals surface area contributed by atoms with Crippen molar-refractivity contribution in [2.24, 2.45) is 4.99 Å². The maximum Gasteiger partial charge on any atom is 0.294 e. The van der Waals surface area contributed by atoms with Crippen LogP contribution >= 0.6 is 11.6 Å². The van der Waals surface area contributed by atoms with Gasteiger partial charge in [-0.25, -0.2) is 4.68 Å². The van der Waals surface area contributed by atoms with Crippen molar-refractivity contribution in [1.82, 2.24) is 9.78 Å². The number of H-pyrrole nitrogens is 1. The molecule has 0 aliphatic carbocycles. The Morgan fingerprint density at radius 3 is 2.62 bits per heavy atom. The van der Waals surface area contributed by atoms with E-state index in [1.165, 1.54) is 23.0 Å². The summed E-state index contributed by atoms with van der Waals surface area (Å²) in [5, 5.41) is 14.5. The number of hydrogen-bond donors (Lipinski definition) is 2. The zero-order valence-electron chi connectivity index (χ0n) is 13.6. The van der Waals surface area contributed by atoms with Gasteiger partial charge in [-0.15, -0.1) is 0 Å². The molecule has 3 aromatic rings. The van der Waals surface area contributed by atoms with E-state index in [0.29, 0.717) is 27.7 Å². The van der Waals surface area contributed by atoms with Crippen LogP contribution in [-0.4, -0.2) is 20.9 Å². The largest absolute Gasteiger partial charge is 0.393 e. The Kier molecular flexibility index (Phi) is 4.59. The van der Waals surface area contributed by atoms with Crippen molar-refractivity contribution in [1.29, 1.82) is 0 Å². The number of nitro groups is 1. The Morgan fingerprint density at radius 1 is 1.27 bits per heavy atom. The van der Waals surface area contributed by atoms with Crippen LogP contribution in [0.2, 0.25) is 5.02 Å². The predicted octanol–water partition coefficient (Wildman–Crippen LogP) is 3.37. The first-order valence-electron chi connectivity index (χ1n) is 7.52. The van der Waals surface area contributed by atoms with Gasteiger partial charge < -0.3 is 5.73 Å². The van der Waals surface area contributed by atoms with E-state index in [1.807, 2.05) is 0 Å². The van der Waals surface area contributed by atoms with Gasteiger partial charge >= 0.3 is 0 Å². The summed E-state index contributed by atoms with van der Waals surface area (Å²) in [5.74, 6) is 0. The number of rotatable bonds is 4. The average Bonchev–Trinajstić information content (AvgIpc) is 2.89. The van der Waals surface area contributed by atoms with E-state index < -0.39 is 4.92 Å². The number of nitrogens with zero attached hydrogens (tertiary/aromatic N) is 3. The van der Waals surface area contributed by atoms with Crippen molar-refractivity contribution >= 4 is 34.9 Å². The molecule has 8 nitrogen and oxygen atoms in total. The van der Waals surface area contributed by atoms with E-state index in [9.17, 15) is 14.9 Å². The molecule has 3 rings (SSSR count). The fraction of sp³-hybridized carbons (Fsp3) is 0.0588. The third kappa shape index (κ3) is 3.35. The fourth-order valence-corrected chi connectivity index (χ4v) is 2.52. The number of aromatic nitrogens is 2. The standard InChI is InChI=1S/C17H14ClN5O3/c1-10-14(9-20-12-4-7-15(19)16(8-12)23(25)26)17(24)22(21-10)13-5-2-11(18)3-6-13/h2-9,21H,19H2,1H3. The number of halogens is 1. The predicted molar refractivity (Wildman–Crippen MR) is 101 cm³/mol. The first kappa shape index (κ1) is 17.4. The van der Waals surface area contributed by atoms with Crippen LogP contribution in [0, 0.1) is 17.0 Å². The highest BCUT2D eigenvalue weighted by Crippen LogP contribution is 2.26. The Labute approximate surface area is 152 Å². The van der Waals surface area contributed by atoms with E-state index in [1.54, 1.807) is 37.3 Å². The molecule has 0 aliphatic rings. The van der Waals surface area contributed by atoms with Gasteiger partial charge in [-0.2, -0.15) is 0 Å². The molecule has 0 saturated heterocycles. The zero-order chi connectivity index (χ0) is 18.8. The van der Waals surface area contributed by atoms with Crippen molar-refractivity contribution in [2.75, 3.05) is 5.73 Å². The Hall–Kier alpha value is -3.39. The van der Waals surface area contributed by atoms with Crippen LogP contribution in [0.4, 0.5) is 17.1 Å². The lowest BCUT2D eigenvalue weighted by atomic mass is 10.2. The highest BCUT2D eigenvalue weighted by atomic mass is 35.5. The molecule has 0 saturated carbocycles. The number of nitrogens with two attached hydrogens (primary N) is 1. The monoisotopic (exact) mass is 371 g/mol. The van der Waals surface area contributed by atoms with Crippen molar-refractivity contribution < 1.29 is 4.92 Å². The van der Waals surface area contributed by atoms with Gasteiger partial charge in [0, 0.05) is 23.0 Å². The molecule has 0 aliphatic heterocycles. The van der Waals surface area contributed by atoms with Gasteiger partial charge in [0.2, 0.25) is 0 Å². The molecule has 9 heteroatoms. The first-order chi connectivity index (χ1) is 12.4. The normalized spacial score (nSPS) is 11.2. The van der Waals surface area contributed by atoms with E-state index in [4.69, 9.17) is 17.3 Å². The molecule has 1 aromatic heterocycles. The third-order valence-corrected chi connectivity index (χ3v) is 4.01. The summed E-state index contributed by atoms with van der Waals surface area (Å²) in [4.78, 5) is 27.1. The van der Waals surface area contributed by atoms with Gasteiger partial charge in [-0.3, -0.25) is 25.0 Å². The minimum absolute atomic E-state index is 0.0527. The lowest BCUT2D eigenvalue weighted by molar-refractivity contribution is -0.383. The Balaban J connectivity index is 1.97. The molecular formula is C17H14ClN5O3. The van der Waals surface area contributed by atoms with Crippen LogP contribution in [0.1, 0.15) is 11.3 Å². The lowest BCUT2D eigenvalue weighted by Crippen LogP contribution is -2.17. The van der Waals surface area contributed by atoms with Crippen LogP contribution < -0.4 is 11.3 Å². The van der Waals surface area contributed by atoms with Crippen molar-refractivity contribution in [3.63, 3.8) is 0 Å². The second kappa shape index (κ2) is 6.85. The van der Waals surface area contributed by atoms with Gasteiger partial charge in [-0.05, 0) is 43.3 Å². The summed E-state index contributed by atoms with van der Waals surface area (Å²) in [6, 6.07) is 11.0. The number of hydrogen-bond acceptors (Lipinski definition) is 5.